The average Bonchev–Trinajstić information content (AvgIpc) is 2.69. The van der Waals surface area contributed by atoms with Crippen LogP contribution in [0.3, 0.4) is 0 Å². The van der Waals surface area contributed by atoms with Crippen LogP contribution in [0.1, 0.15) is 24.8 Å². The van der Waals surface area contributed by atoms with Crippen LogP contribution in [0.25, 0.3) is 0 Å². The van der Waals surface area contributed by atoms with E-state index in [2.05, 4.69) is 22.3 Å². The van der Waals surface area contributed by atoms with E-state index in [0.29, 0.717) is 6.54 Å². The van der Waals surface area contributed by atoms with Crippen molar-refractivity contribution in [1.29, 1.82) is 0 Å². The number of quaternary nitrogens is 1. The van der Waals surface area contributed by atoms with Crippen molar-refractivity contribution in [2.45, 2.75) is 25.8 Å². The Balaban J connectivity index is 1.47. The first kappa shape index (κ1) is 19.2. The Kier molecular flexibility index (Phi) is 6.71. The maximum atomic E-state index is 12.3. The van der Waals surface area contributed by atoms with E-state index in [0.717, 1.165) is 36.0 Å². The van der Waals surface area contributed by atoms with Gasteiger partial charge in [0.05, 0.1) is 14.2 Å². The van der Waals surface area contributed by atoms with Gasteiger partial charge in [0.25, 0.3) is 5.91 Å². The normalized spacial score (nSPS) is 15.3. The molecule has 27 heavy (non-hydrogen) atoms. The summed E-state index contributed by atoms with van der Waals surface area (Å²) in [6, 6.07) is 16.2. The maximum absolute atomic E-state index is 12.3. The van der Waals surface area contributed by atoms with Gasteiger partial charge in [-0.2, -0.15) is 0 Å². The van der Waals surface area contributed by atoms with E-state index in [1.165, 1.54) is 30.5 Å². The molecular formula is C22H30N3O2+. The molecule has 1 atom stereocenters. The highest BCUT2D eigenvalue weighted by molar-refractivity contribution is 5.91. The fourth-order valence-electron chi connectivity index (χ4n) is 3.54. The van der Waals surface area contributed by atoms with Gasteiger partial charge in [0.1, 0.15) is 12.3 Å². The maximum Gasteiger partial charge on any atom is 0.279 e. The molecule has 1 aliphatic heterocycles. The summed E-state index contributed by atoms with van der Waals surface area (Å²) in [6.07, 6.45) is 3.86. The van der Waals surface area contributed by atoms with Crippen molar-refractivity contribution < 1.29 is 14.4 Å². The fourth-order valence-corrected chi connectivity index (χ4v) is 3.54. The summed E-state index contributed by atoms with van der Waals surface area (Å²) in [7, 11) is 3.69. The molecule has 3 rings (SSSR count). The second kappa shape index (κ2) is 9.42. The van der Waals surface area contributed by atoms with Crippen LogP contribution >= 0.6 is 0 Å². The lowest BCUT2D eigenvalue weighted by Crippen LogP contribution is -3.08. The van der Waals surface area contributed by atoms with Crippen molar-refractivity contribution in [3.8, 4) is 5.75 Å². The number of piperidine rings is 1. The van der Waals surface area contributed by atoms with Crippen molar-refractivity contribution in [2.24, 2.45) is 0 Å². The number of ether oxygens (including phenoxy) is 1. The number of rotatable bonds is 7. The van der Waals surface area contributed by atoms with Crippen LogP contribution in [0.4, 0.5) is 11.4 Å². The summed E-state index contributed by atoms with van der Waals surface area (Å²) in [5.41, 5.74) is 3.29. The molecular weight excluding hydrogens is 338 g/mol. The molecule has 2 aromatic rings. The predicted molar refractivity (Wildman–Crippen MR) is 110 cm³/mol. The molecule has 0 aromatic heterocycles. The number of amides is 1. The first-order valence-electron chi connectivity index (χ1n) is 9.73. The highest BCUT2D eigenvalue weighted by atomic mass is 16.5. The number of likely N-dealkylation sites (N-methyl/N-ethyl adjacent to an activating group) is 1. The van der Waals surface area contributed by atoms with E-state index < -0.39 is 0 Å². The number of anilines is 2. The Labute approximate surface area is 161 Å². The molecule has 1 aliphatic rings. The molecule has 2 aromatic carbocycles. The summed E-state index contributed by atoms with van der Waals surface area (Å²) in [6.45, 7) is 3.49. The lowest BCUT2D eigenvalue weighted by atomic mass is 10.1. The molecule has 1 fully saturated rings. The van der Waals surface area contributed by atoms with E-state index in [4.69, 9.17) is 4.74 Å². The molecule has 0 bridgehead atoms. The van der Waals surface area contributed by atoms with Crippen LogP contribution in [0.5, 0.6) is 5.75 Å². The lowest BCUT2D eigenvalue weighted by molar-refractivity contribution is -0.885. The second-order valence-electron chi connectivity index (χ2n) is 7.30. The highest BCUT2D eigenvalue weighted by Crippen LogP contribution is 2.21. The summed E-state index contributed by atoms with van der Waals surface area (Å²) >= 11 is 0. The van der Waals surface area contributed by atoms with E-state index >= 15 is 0 Å². The van der Waals surface area contributed by atoms with Crippen LogP contribution in [0.15, 0.2) is 48.5 Å². The fraction of sp³-hybridized carbons (Fsp3) is 0.409. The smallest absolute Gasteiger partial charge is 0.279 e. The van der Waals surface area contributed by atoms with Gasteiger partial charge in [-0.05, 0) is 67.8 Å². The molecule has 0 spiro atoms. The topological polar surface area (TPSA) is 46.0 Å². The second-order valence-corrected chi connectivity index (χ2v) is 7.30. The minimum Gasteiger partial charge on any atom is -0.497 e. The summed E-state index contributed by atoms with van der Waals surface area (Å²) in [5.74, 6) is 0.883. The van der Waals surface area contributed by atoms with Gasteiger partial charge in [0, 0.05) is 30.0 Å². The zero-order valence-electron chi connectivity index (χ0n) is 16.3. The molecule has 1 unspecified atom stereocenters. The Morgan fingerprint density at radius 3 is 2.33 bits per heavy atom. The van der Waals surface area contributed by atoms with Gasteiger partial charge in [0.15, 0.2) is 6.54 Å². The first-order chi connectivity index (χ1) is 13.1. The summed E-state index contributed by atoms with van der Waals surface area (Å²) in [5, 5.41) is 3.01. The number of hydrogen-bond donors (Lipinski definition) is 2. The third-order valence-corrected chi connectivity index (χ3v) is 5.00. The van der Waals surface area contributed by atoms with Crippen molar-refractivity contribution in [2.75, 3.05) is 44.0 Å². The molecule has 1 heterocycles. The molecule has 5 nitrogen and oxygen atoms in total. The van der Waals surface area contributed by atoms with Crippen LogP contribution in [-0.2, 0) is 11.3 Å². The predicted octanol–water partition coefficient (Wildman–Crippen LogP) is 2.34. The van der Waals surface area contributed by atoms with Gasteiger partial charge in [-0.3, -0.25) is 4.79 Å². The van der Waals surface area contributed by atoms with Gasteiger partial charge in [0.2, 0.25) is 0 Å². The summed E-state index contributed by atoms with van der Waals surface area (Å²) in [4.78, 5) is 15.9. The van der Waals surface area contributed by atoms with Crippen molar-refractivity contribution >= 4 is 17.3 Å². The number of carbonyl (C=O) groups is 1. The monoisotopic (exact) mass is 368 g/mol. The largest absolute Gasteiger partial charge is 0.497 e. The Morgan fingerprint density at radius 1 is 1.04 bits per heavy atom. The molecule has 1 amide bonds. The Morgan fingerprint density at radius 2 is 1.70 bits per heavy atom. The highest BCUT2D eigenvalue weighted by Gasteiger charge is 2.13. The number of hydrogen-bond acceptors (Lipinski definition) is 3. The zero-order chi connectivity index (χ0) is 19.1. The van der Waals surface area contributed by atoms with Gasteiger partial charge in [-0.1, -0.05) is 0 Å². The van der Waals surface area contributed by atoms with E-state index in [9.17, 15) is 4.79 Å². The quantitative estimate of drug-likeness (QED) is 0.789. The lowest BCUT2D eigenvalue weighted by Gasteiger charge is -2.28. The molecule has 0 aliphatic carbocycles. The van der Waals surface area contributed by atoms with Crippen LogP contribution in [0.2, 0.25) is 0 Å². The molecule has 144 valence electrons. The van der Waals surface area contributed by atoms with Gasteiger partial charge >= 0.3 is 0 Å². The van der Waals surface area contributed by atoms with Crippen molar-refractivity contribution in [3.05, 3.63) is 54.1 Å². The molecule has 2 N–H and O–H groups in total. The standard InChI is InChI=1S/C22H29N3O2/c1-24(16-18-6-12-21(27-2)13-7-18)17-22(26)23-19-8-10-20(11-9-19)25-14-4-3-5-15-25/h6-13H,3-5,14-17H2,1-2H3,(H,23,26)/p+1. The van der Waals surface area contributed by atoms with Crippen molar-refractivity contribution in [1.82, 2.24) is 0 Å². The van der Waals surface area contributed by atoms with E-state index in [-0.39, 0.29) is 5.91 Å². The van der Waals surface area contributed by atoms with Crippen LogP contribution in [0, 0.1) is 0 Å². The zero-order valence-corrected chi connectivity index (χ0v) is 16.3. The number of nitrogens with one attached hydrogen (secondary N) is 2. The Bertz CT molecular complexity index is 722. The number of nitrogens with zero attached hydrogens (tertiary/aromatic N) is 1. The first-order valence-corrected chi connectivity index (χ1v) is 9.73. The molecule has 5 heteroatoms. The number of benzene rings is 2. The minimum absolute atomic E-state index is 0.0340. The van der Waals surface area contributed by atoms with Gasteiger partial charge < -0.3 is 19.9 Å². The van der Waals surface area contributed by atoms with Crippen molar-refractivity contribution in [3.63, 3.8) is 0 Å². The molecule has 0 saturated carbocycles. The third-order valence-electron chi connectivity index (χ3n) is 5.00. The van der Waals surface area contributed by atoms with E-state index in [1.54, 1.807) is 7.11 Å². The number of carbonyl (C=O) groups excluding carboxylic acids is 1. The molecule has 0 radical (unpaired) electrons. The minimum atomic E-state index is 0.0340. The van der Waals surface area contributed by atoms with Crippen LogP contribution in [-0.4, -0.2) is 39.7 Å². The third kappa shape index (κ3) is 5.73. The number of methoxy groups -OCH3 is 1. The van der Waals surface area contributed by atoms with Crippen LogP contribution < -0.4 is 19.9 Å². The SMILES string of the molecule is COc1ccc(C[NH+](C)CC(=O)Nc2ccc(N3CCCCC3)cc2)cc1. The summed E-state index contributed by atoms with van der Waals surface area (Å²) < 4.78 is 5.18. The van der Waals surface area contributed by atoms with E-state index in [1.807, 2.05) is 43.4 Å². The Hall–Kier alpha value is -2.53. The molecule has 1 saturated heterocycles. The van der Waals surface area contributed by atoms with Gasteiger partial charge in [-0.15, -0.1) is 0 Å². The average molecular weight is 369 g/mol. The van der Waals surface area contributed by atoms with Gasteiger partial charge in [-0.25, -0.2) is 0 Å².